The molecule has 1 saturated heterocycles. The molecule has 0 N–H and O–H groups in total. The van der Waals surface area contributed by atoms with Crippen molar-refractivity contribution in [3.8, 4) is 5.75 Å². The Balaban J connectivity index is 1.40. The van der Waals surface area contributed by atoms with Crippen LogP contribution < -0.4 is 9.64 Å². The Bertz CT molecular complexity index is 1050. The highest BCUT2D eigenvalue weighted by molar-refractivity contribution is 9.09. The van der Waals surface area contributed by atoms with Crippen LogP contribution in [0.15, 0.2) is 60.7 Å². The number of hydrogen-bond acceptors (Lipinski definition) is 3. The Kier molecular flexibility index (Phi) is 5.69. The van der Waals surface area contributed by atoms with Gasteiger partial charge in [0.05, 0.1) is 18.8 Å². The van der Waals surface area contributed by atoms with E-state index in [9.17, 15) is 4.79 Å². The number of β-lactam (4-membered cyclic amide) rings is 1. The number of nitrogens with zero attached hydrogens (tertiary/aromatic N) is 1. The van der Waals surface area contributed by atoms with Crippen LogP contribution in [0.3, 0.4) is 0 Å². The summed E-state index contributed by atoms with van der Waals surface area (Å²) in [5, 5.41) is 0. The number of benzene rings is 2. The summed E-state index contributed by atoms with van der Waals surface area (Å²) in [5.41, 5.74) is 1.98. The zero-order chi connectivity index (χ0) is 23.4. The molecule has 0 radical (unpaired) electrons. The van der Waals surface area contributed by atoms with E-state index >= 15 is 0 Å². The third kappa shape index (κ3) is 3.93. The fourth-order valence-corrected chi connectivity index (χ4v) is 6.48. The Labute approximate surface area is 205 Å². The van der Waals surface area contributed by atoms with Crippen LogP contribution in [-0.4, -0.2) is 35.6 Å². The van der Waals surface area contributed by atoms with E-state index in [1.54, 1.807) is 7.11 Å². The molecule has 0 unspecified atom stereocenters. The van der Waals surface area contributed by atoms with Gasteiger partial charge in [-0.3, -0.25) is 9.69 Å². The Morgan fingerprint density at radius 2 is 1.73 bits per heavy atom. The van der Waals surface area contributed by atoms with Crippen LogP contribution in [0.1, 0.15) is 39.2 Å². The van der Waals surface area contributed by atoms with Crippen molar-refractivity contribution in [2.75, 3.05) is 12.0 Å². The zero-order valence-corrected chi connectivity index (χ0v) is 21.3. The van der Waals surface area contributed by atoms with Gasteiger partial charge in [-0.2, -0.15) is 0 Å². The van der Waals surface area contributed by atoms with E-state index in [0.717, 1.165) is 35.8 Å². The predicted octanol–water partition coefficient (Wildman–Crippen LogP) is 6.10. The number of rotatable bonds is 6. The lowest BCUT2D eigenvalue weighted by Gasteiger charge is -2.50. The van der Waals surface area contributed by atoms with Gasteiger partial charge in [0.1, 0.15) is 5.75 Å². The van der Waals surface area contributed by atoms with Crippen molar-refractivity contribution in [2.24, 2.45) is 17.3 Å². The van der Waals surface area contributed by atoms with E-state index in [0.29, 0.717) is 11.3 Å². The standard InChI is InChI=1S/C28H32BrNO3/c1-27(2)21-16-24(29)28(3,17-22(21)27)33-25-23(15-10-18-8-6-5-7-9-18)30(26(25)31)19-11-13-20(32-4)14-12-19/h5-15,21-25H,16-17H2,1-4H3/b15-10+/t21-,22+,23+,24-,25-,28-/m1/s1. The number of carbonyl (C=O) groups excluding carboxylic acids is 1. The molecule has 1 aliphatic heterocycles. The fourth-order valence-electron chi connectivity index (χ4n) is 5.79. The first-order valence-corrected chi connectivity index (χ1v) is 12.7. The second-order valence-corrected chi connectivity index (χ2v) is 11.6. The largest absolute Gasteiger partial charge is 0.497 e. The summed E-state index contributed by atoms with van der Waals surface area (Å²) < 4.78 is 12.0. The molecule has 2 saturated carbocycles. The minimum Gasteiger partial charge on any atom is -0.497 e. The van der Waals surface area contributed by atoms with Crippen LogP contribution in [0.5, 0.6) is 5.75 Å². The van der Waals surface area contributed by atoms with Gasteiger partial charge in [0.2, 0.25) is 0 Å². The number of amides is 1. The SMILES string of the molecule is COc1ccc(N2C(=O)[C@H](O[C@]3(C)C[C@H]4[C@@H](C[C@H]3Br)C4(C)C)[C@@H]2/C=C/c2ccccc2)cc1. The van der Waals surface area contributed by atoms with Gasteiger partial charge in [-0.1, -0.05) is 72.3 Å². The van der Waals surface area contributed by atoms with Gasteiger partial charge in [0, 0.05) is 10.5 Å². The average molecular weight is 510 g/mol. The Hall–Kier alpha value is -2.11. The summed E-state index contributed by atoms with van der Waals surface area (Å²) in [6.45, 7) is 6.90. The molecule has 2 aliphatic carbocycles. The van der Waals surface area contributed by atoms with Crippen molar-refractivity contribution in [1.82, 2.24) is 0 Å². The van der Waals surface area contributed by atoms with Crippen LogP contribution in [-0.2, 0) is 9.53 Å². The van der Waals surface area contributed by atoms with Crippen LogP contribution in [0.4, 0.5) is 5.69 Å². The molecule has 3 aliphatic rings. The number of anilines is 1. The maximum Gasteiger partial charge on any atom is 0.259 e. The van der Waals surface area contributed by atoms with Crippen LogP contribution in [0.25, 0.3) is 6.08 Å². The number of carbonyl (C=O) groups is 1. The highest BCUT2D eigenvalue weighted by Gasteiger charge is 2.65. The van der Waals surface area contributed by atoms with E-state index < -0.39 is 6.10 Å². The third-order valence-corrected chi connectivity index (χ3v) is 9.50. The summed E-state index contributed by atoms with van der Waals surface area (Å²) in [6, 6.07) is 17.7. The molecular formula is C28H32BrNO3. The number of alkyl halides is 1. The van der Waals surface area contributed by atoms with Crippen LogP contribution >= 0.6 is 15.9 Å². The lowest BCUT2D eigenvalue weighted by atomic mass is 9.84. The maximum atomic E-state index is 13.4. The predicted molar refractivity (Wildman–Crippen MR) is 136 cm³/mol. The normalized spacial score (nSPS) is 34.6. The first-order valence-electron chi connectivity index (χ1n) is 11.8. The van der Waals surface area contributed by atoms with Gasteiger partial charge in [-0.25, -0.2) is 0 Å². The summed E-state index contributed by atoms with van der Waals surface area (Å²) in [5.74, 6) is 2.21. The minimum atomic E-state index is -0.490. The molecule has 4 nitrogen and oxygen atoms in total. The fraction of sp³-hybridized carbons (Fsp3) is 0.464. The summed E-state index contributed by atoms with van der Waals surface area (Å²) in [4.78, 5) is 15.5. The van der Waals surface area contributed by atoms with E-state index in [1.807, 2.05) is 47.4 Å². The molecule has 0 aromatic heterocycles. The molecule has 2 aromatic carbocycles. The number of methoxy groups -OCH3 is 1. The van der Waals surface area contributed by atoms with E-state index in [1.165, 1.54) is 0 Å². The third-order valence-electron chi connectivity index (χ3n) is 8.16. The highest BCUT2D eigenvalue weighted by Crippen LogP contribution is 2.68. The summed E-state index contributed by atoms with van der Waals surface area (Å²) in [6.07, 6.45) is 5.78. The maximum absolute atomic E-state index is 13.4. The van der Waals surface area contributed by atoms with Crippen molar-refractivity contribution >= 4 is 33.6 Å². The molecule has 3 fully saturated rings. The quantitative estimate of drug-likeness (QED) is 0.349. The number of ether oxygens (including phenoxy) is 2. The van der Waals surface area contributed by atoms with Crippen molar-refractivity contribution < 1.29 is 14.3 Å². The van der Waals surface area contributed by atoms with Gasteiger partial charge in [0.15, 0.2) is 6.10 Å². The molecule has 33 heavy (non-hydrogen) atoms. The molecule has 1 heterocycles. The topological polar surface area (TPSA) is 38.8 Å². The van der Waals surface area contributed by atoms with Gasteiger partial charge in [-0.15, -0.1) is 0 Å². The molecule has 2 aromatic rings. The number of fused-ring (bicyclic) bond motifs is 1. The first kappa shape index (κ1) is 22.7. The van der Waals surface area contributed by atoms with Gasteiger partial charge in [0.25, 0.3) is 5.91 Å². The number of hydrogen-bond donors (Lipinski definition) is 0. The molecule has 5 heteroatoms. The Morgan fingerprint density at radius 3 is 2.39 bits per heavy atom. The lowest BCUT2D eigenvalue weighted by Crippen LogP contribution is -2.68. The molecule has 1 amide bonds. The average Bonchev–Trinajstić information content (AvgIpc) is 3.33. The van der Waals surface area contributed by atoms with Crippen molar-refractivity contribution in [2.45, 2.75) is 56.2 Å². The lowest BCUT2D eigenvalue weighted by molar-refractivity contribution is -0.160. The molecule has 174 valence electrons. The highest BCUT2D eigenvalue weighted by atomic mass is 79.9. The molecule has 0 spiro atoms. The molecule has 6 atom stereocenters. The van der Waals surface area contributed by atoms with Gasteiger partial charge in [-0.05, 0) is 66.8 Å². The molecule has 0 bridgehead atoms. The second-order valence-electron chi connectivity index (χ2n) is 10.5. The zero-order valence-electron chi connectivity index (χ0n) is 19.7. The van der Waals surface area contributed by atoms with Gasteiger partial charge >= 0.3 is 0 Å². The van der Waals surface area contributed by atoms with Crippen LogP contribution in [0, 0.1) is 17.3 Å². The smallest absolute Gasteiger partial charge is 0.259 e. The van der Waals surface area contributed by atoms with E-state index in [4.69, 9.17) is 9.47 Å². The van der Waals surface area contributed by atoms with E-state index in [2.05, 4.69) is 61.0 Å². The Morgan fingerprint density at radius 1 is 1.03 bits per heavy atom. The first-order chi connectivity index (χ1) is 15.7. The minimum absolute atomic E-state index is 0.0148. The molecule has 5 rings (SSSR count). The van der Waals surface area contributed by atoms with E-state index in [-0.39, 0.29) is 22.4 Å². The number of halogens is 1. The van der Waals surface area contributed by atoms with Crippen molar-refractivity contribution in [1.29, 1.82) is 0 Å². The summed E-state index contributed by atoms with van der Waals surface area (Å²) in [7, 11) is 1.65. The summed E-state index contributed by atoms with van der Waals surface area (Å²) >= 11 is 3.92. The van der Waals surface area contributed by atoms with Gasteiger partial charge < -0.3 is 9.47 Å². The second kappa shape index (κ2) is 8.28. The molecular weight excluding hydrogens is 478 g/mol. The van der Waals surface area contributed by atoms with Crippen LogP contribution in [0.2, 0.25) is 0 Å². The monoisotopic (exact) mass is 509 g/mol. The van der Waals surface area contributed by atoms with Crippen molar-refractivity contribution in [3.63, 3.8) is 0 Å². The van der Waals surface area contributed by atoms with Crippen molar-refractivity contribution in [3.05, 3.63) is 66.2 Å².